The molecule has 1 heterocycles. The Kier molecular flexibility index (Phi) is 6.74. The van der Waals surface area contributed by atoms with Crippen molar-refractivity contribution in [2.75, 3.05) is 6.54 Å². The molecule has 4 amide bonds. The first-order chi connectivity index (χ1) is 14.5. The summed E-state index contributed by atoms with van der Waals surface area (Å²) >= 11 is 0. The minimum Gasteiger partial charge on any atom is -0.332 e. The van der Waals surface area contributed by atoms with Gasteiger partial charge >= 0.3 is 6.03 Å². The van der Waals surface area contributed by atoms with Crippen molar-refractivity contribution < 1.29 is 19.7 Å². The number of benzene rings is 1. The highest BCUT2D eigenvalue weighted by atomic mass is 16.2. The molecular weight excluding hydrogens is 392 g/mol. The van der Waals surface area contributed by atoms with Crippen LogP contribution in [0.25, 0.3) is 0 Å². The Balaban J connectivity index is 1.60. The molecule has 0 unspecified atom stereocenters. The smallest absolute Gasteiger partial charge is 0.332 e. The fraction of sp³-hybridized carbons (Fsp3) is 0.625. The molecule has 1 saturated carbocycles. The Morgan fingerprint density at radius 3 is 2.29 bits per heavy atom. The number of nitrogens with two attached hydrogens (primary N) is 1. The highest BCUT2D eigenvalue weighted by molar-refractivity contribution is 6.08. The van der Waals surface area contributed by atoms with E-state index in [1.54, 1.807) is 0 Å². The standard InChI is InChI=1S/C24H36N4O3/c1-16(2)20(17-9-11-18(12-10-17)23(3,4)5)25-15-19(29)27-28-21(30)24(26-22(28)31)13-7-6-8-14-24/h9-12,16,20,25H,6-8,13-15H2,1-5H3,(H,26,31)(H,27,29)/p+1/t20-/m1/s1. The van der Waals surface area contributed by atoms with Crippen LogP contribution in [0.2, 0.25) is 0 Å². The van der Waals surface area contributed by atoms with Crippen LogP contribution in [-0.4, -0.2) is 34.9 Å². The van der Waals surface area contributed by atoms with Gasteiger partial charge in [-0.05, 0) is 23.8 Å². The van der Waals surface area contributed by atoms with Crippen LogP contribution >= 0.6 is 0 Å². The second kappa shape index (κ2) is 8.99. The van der Waals surface area contributed by atoms with Crippen molar-refractivity contribution in [3.63, 3.8) is 0 Å². The molecule has 1 aromatic rings. The number of quaternary nitrogens is 1. The number of urea groups is 1. The predicted octanol–water partition coefficient (Wildman–Crippen LogP) is 2.53. The van der Waals surface area contributed by atoms with Gasteiger partial charge in [0.2, 0.25) is 0 Å². The molecule has 1 aromatic carbocycles. The van der Waals surface area contributed by atoms with Gasteiger partial charge in [-0.15, -0.1) is 0 Å². The summed E-state index contributed by atoms with van der Waals surface area (Å²) in [6, 6.07) is 8.13. The molecule has 1 aliphatic heterocycles. The number of carbonyl (C=O) groups is 3. The Morgan fingerprint density at radius 1 is 1.13 bits per heavy atom. The third kappa shape index (κ3) is 5.09. The second-order valence-corrected chi connectivity index (χ2v) is 10.3. The molecule has 1 aliphatic carbocycles. The third-order valence-corrected chi connectivity index (χ3v) is 6.54. The molecule has 3 rings (SSSR count). The van der Waals surface area contributed by atoms with Crippen LogP contribution in [0, 0.1) is 5.92 Å². The maximum Gasteiger partial charge on any atom is 0.344 e. The number of hydrogen-bond donors (Lipinski definition) is 3. The normalized spacial score (nSPS) is 19.6. The topological polar surface area (TPSA) is 95.1 Å². The first-order valence-electron chi connectivity index (χ1n) is 11.4. The zero-order valence-electron chi connectivity index (χ0n) is 19.5. The lowest BCUT2D eigenvalue weighted by Gasteiger charge is -2.30. The summed E-state index contributed by atoms with van der Waals surface area (Å²) in [5, 5.41) is 5.67. The summed E-state index contributed by atoms with van der Waals surface area (Å²) in [5.74, 6) is -0.368. The number of amides is 4. The first kappa shape index (κ1) is 23.3. The van der Waals surface area contributed by atoms with Crippen LogP contribution < -0.4 is 16.1 Å². The van der Waals surface area contributed by atoms with E-state index in [4.69, 9.17) is 0 Å². The molecule has 0 bridgehead atoms. The Hall–Kier alpha value is -2.41. The average molecular weight is 430 g/mol. The molecule has 0 radical (unpaired) electrons. The molecule has 7 heteroatoms. The molecule has 2 fully saturated rings. The van der Waals surface area contributed by atoms with E-state index in [1.807, 2.05) is 5.32 Å². The summed E-state index contributed by atoms with van der Waals surface area (Å²) in [4.78, 5) is 37.8. The van der Waals surface area contributed by atoms with Crippen LogP contribution in [-0.2, 0) is 15.0 Å². The number of rotatable bonds is 6. The van der Waals surface area contributed by atoms with Gasteiger partial charge in [-0.1, -0.05) is 78.1 Å². The van der Waals surface area contributed by atoms with E-state index in [9.17, 15) is 14.4 Å². The fourth-order valence-corrected chi connectivity index (χ4v) is 4.62. The van der Waals surface area contributed by atoms with Crippen molar-refractivity contribution in [1.29, 1.82) is 0 Å². The lowest BCUT2D eigenvalue weighted by Crippen LogP contribution is -2.88. The van der Waals surface area contributed by atoms with Gasteiger partial charge in [-0.25, -0.2) is 4.79 Å². The number of imide groups is 1. The predicted molar refractivity (Wildman–Crippen MR) is 119 cm³/mol. The highest BCUT2D eigenvalue weighted by Crippen LogP contribution is 2.33. The van der Waals surface area contributed by atoms with E-state index in [0.717, 1.165) is 29.8 Å². The molecule has 1 saturated heterocycles. The maximum atomic E-state index is 12.8. The number of hydrazine groups is 1. The lowest BCUT2D eigenvalue weighted by molar-refractivity contribution is -0.692. The van der Waals surface area contributed by atoms with Gasteiger partial charge in [0.25, 0.3) is 11.8 Å². The number of carbonyl (C=O) groups excluding carboxylic acids is 3. The van der Waals surface area contributed by atoms with Gasteiger partial charge in [0.1, 0.15) is 11.6 Å². The van der Waals surface area contributed by atoms with Crippen molar-refractivity contribution in [3.8, 4) is 0 Å². The summed E-state index contributed by atoms with van der Waals surface area (Å²) in [7, 11) is 0. The van der Waals surface area contributed by atoms with Crippen molar-refractivity contribution in [1.82, 2.24) is 15.8 Å². The van der Waals surface area contributed by atoms with Crippen molar-refractivity contribution in [3.05, 3.63) is 35.4 Å². The van der Waals surface area contributed by atoms with E-state index in [1.165, 1.54) is 5.56 Å². The first-order valence-corrected chi connectivity index (χ1v) is 11.4. The number of hydrogen-bond acceptors (Lipinski definition) is 3. The molecular formula is C24H37N4O3+. The summed E-state index contributed by atoms with van der Waals surface area (Å²) in [6.07, 6.45) is 4.16. The van der Waals surface area contributed by atoms with Crippen LogP contribution in [0.5, 0.6) is 0 Å². The van der Waals surface area contributed by atoms with E-state index >= 15 is 0 Å². The summed E-state index contributed by atoms with van der Waals surface area (Å²) < 4.78 is 0. The SMILES string of the molecule is CC(C)[C@@H]([NH2+]CC(=O)NN1C(=O)NC2(CCCCC2)C1=O)c1ccc(C(C)(C)C)cc1. The van der Waals surface area contributed by atoms with Crippen LogP contribution in [0.3, 0.4) is 0 Å². The number of nitrogens with one attached hydrogen (secondary N) is 2. The Morgan fingerprint density at radius 2 is 1.74 bits per heavy atom. The van der Waals surface area contributed by atoms with Gasteiger partial charge in [0.05, 0.1) is 0 Å². The van der Waals surface area contributed by atoms with Gasteiger partial charge in [0, 0.05) is 11.5 Å². The molecule has 170 valence electrons. The van der Waals surface area contributed by atoms with Crippen LogP contribution in [0.4, 0.5) is 4.79 Å². The third-order valence-electron chi connectivity index (χ3n) is 6.54. The maximum absolute atomic E-state index is 12.8. The number of nitrogens with zero attached hydrogens (tertiary/aromatic N) is 1. The average Bonchev–Trinajstić information content (AvgIpc) is 2.92. The van der Waals surface area contributed by atoms with Crippen molar-refractivity contribution in [2.24, 2.45) is 5.92 Å². The van der Waals surface area contributed by atoms with Gasteiger partial charge in [0.15, 0.2) is 6.54 Å². The minimum absolute atomic E-state index is 0.0913. The zero-order chi connectivity index (χ0) is 22.8. The van der Waals surface area contributed by atoms with E-state index in [-0.39, 0.29) is 29.8 Å². The Bertz CT molecular complexity index is 820. The summed E-state index contributed by atoms with van der Waals surface area (Å²) in [5.41, 5.74) is 4.22. The van der Waals surface area contributed by atoms with Crippen LogP contribution in [0.15, 0.2) is 24.3 Å². The molecule has 2 aliphatic rings. The summed E-state index contributed by atoms with van der Waals surface area (Å²) in [6.45, 7) is 10.9. The van der Waals surface area contributed by atoms with E-state index < -0.39 is 11.6 Å². The molecule has 4 N–H and O–H groups in total. The second-order valence-electron chi connectivity index (χ2n) is 10.3. The van der Waals surface area contributed by atoms with E-state index in [2.05, 4.69) is 69.6 Å². The van der Waals surface area contributed by atoms with Crippen molar-refractivity contribution >= 4 is 17.8 Å². The van der Waals surface area contributed by atoms with Gasteiger partial charge in [-0.3, -0.25) is 15.0 Å². The lowest BCUT2D eigenvalue weighted by atomic mass is 9.82. The molecule has 7 nitrogen and oxygen atoms in total. The molecule has 1 spiro atoms. The monoisotopic (exact) mass is 429 g/mol. The molecule has 31 heavy (non-hydrogen) atoms. The van der Waals surface area contributed by atoms with Crippen LogP contribution in [0.1, 0.15) is 83.9 Å². The van der Waals surface area contributed by atoms with E-state index in [0.29, 0.717) is 18.8 Å². The zero-order valence-corrected chi connectivity index (χ0v) is 19.5. The quantitative estimate of drug-likeness (QED) is 0.607. The van der Waals surface area contributed by atoms with Crippen molar-refractivity contribution in [2.45, 2.75) is 83.7 Å². The van der Waals surface area contributed by atoms with Gasteiger partial charge < -0.3 is 10.6 Å². The minimum atomic E-state index is -0.832. The Labute approximate surface area is 185 Å². The largest absolute Gasteiger partial charge is 0.344 e. The molecule has 0 aromatic heterocycles. The van der Waals surface area contributed by atoms with Gasteiger partial charge in [-0.2, -0.15) is 5.01 Å². The molecule has 1 atom stereocenters. The fourth-order valence-electron chi connectivity index (χ4n) is 4.62. The highest BCUT2D eigenvalue weighted by Gasteiger charge is 2.52.